The van der Waals surface area contributed by atoms with Crippen molar-refractivity contribution in [2.75, 3.05) is 4.90 Å². The lowest BCUT2D eigenvalue weighted by atomic mass is 9.98. The number of aromatic nitrogens is 1. The van der Waals surface area contributed by atoms with E-state index in [1.54, 1.807) is 0 Å². The summed E-state index contributed by atoms with van der Waals surface area (Å²) in [5.74, 6) is 0. The van der Waals surface area contributed by atoms with Gasteiger partial charge in [0.25, 0.3) is 0 Å². The van der Waals surface area contributed by atoms with Gasteiger partial charge in [-0.1, -0.05) is 121 Å². The van der Waals surface area contributed by atoms with Gasteiger partial charge < -0.3 is 13.9 Å². The van der Waals surface area contributed by atoms with Gasteiger partial charge in [0.05, 0.1) is 16.7 Å². The molecule has 0 bridgehead atoms. The van der Waals surface area contributed by atoms with Crippen LogP contribution in [0.25, 0.3) is 82.1 Å². The Morgan fingerprint density at radius 2 is 1.04 bits per heavy atom. The summed E-state index contributed by atoms with van der Waals surface area (Å²) < 4.78 is 9.07. The van der Waals surface area contributed by atoms with Crippen LogP contribution in [-0.2, 0) is 0 Å². The van der Waals surface area contributed by atoms with Crippen molar-refractivity contribution in [1.29, 1.82) is 0 Å². The Labute approximate surface area is 306 Å². The molecule has 2 aromatic heterocycles. The third kappa shape index (κ3) is 4.68. The van der Waals surface area contributed by atoms with Crippen LogP contribution in [0.4, 0.5) is 17.1 Å². The van der Waals surface area contributed by atoms with Crippen LogP contribution >= 0.6 is 0 Å². The van der Waals surface area contributed by atoms with E-state index in [1.165, 1.54) is 43.7 Å². The molecule has 0 aliphatic rings. The second-order valence-corrected chi connectivity index (χ2v) is 13.8. The highest BCUT2D eigenvalue weighted by molar-refractivity contribution is 6.20. The number of fused-ring (bicyclic) bond motifs is 9. The lowest BCUT2D eigenvalue weighted by Gasteiger charge is -2.27. The zero-order chi connectivity index (χ0) is 34.9. The molecule has 3 nitrogen and oxygen atoms in total. The van der Waals surface area contributed by atoms with E-state index in [1.807, 2.05) is 0 Å². The van der Waals surface area contributed by atoms with Crippen LogP contribution < -0.4 is 4.90 Å². The predicted molar refractivity (Wildman–Crippen MR) is 223 cm³/mol. The van der Waals surface area contributed by atoms with Gasteiger partial charge >= 0.3 is 0 Å². The molecule has 0 aliphatic carbocycles. The lowest BCUT2D eigenvalue weighted by Crippen LogP contribution is -2.10. The molecule has 248 valence electrons. The molecule has 0 saturated heterocycles. The number of anilines is 3. The predicted octanol–water partition coefficient (Wildman–Crippen LogP) is 14.1. The fourth-order valence-corrected chi connectivity index (χ4v) is 8.27. The van der Waals surface area contributed by atoms with E-state index < -0.39 is 0 Å². The molecular weight excluding hydrogens is 645 g/mol. The standard InChI is InChI=1S/C50H32N2O/c1-3-15-37(16-4-1)51(39-26-27-47-43(31-39)41-20-11-12-22-46(41)52(47)38-17-5-2-6-18-38)48-32-45-44-30-36(35-24-23-33-13-7-8-14-34(33)29-35)25-28-49(44)53-50(45)42-21-10-9-19-40(42)48/h1-32H. The average molecular weight is 677 g/mol. The molecule has 0 spiro atoms. The molecule has 0 saturated carbocycles. The van der Waals surface area contributed by atoms with E-state index >= 15 is 0 Å². The molecule has 2 heterocycles. The minimum Gasteiger partial charge on any atom is -0.455 e. The summed E-state index contributed by atoms with van der Waals surface area (Å²) in [7, 11) is 0. The van der Waals surface area contributed by atoms with Gasteiger partial charge in [0.2, 0.25) is 0 Å². The van der Waals surface area contributed by atoms with E-state index in [0.717, 1.165) is 55.5 Å². The second-order valence-electron chi connectivity index (χ2n) is 13.8. The Morgan fingerprint density at radius 1 is 0.377 bits per heavy atom. The van der Waals surface area contributed by atoms with Crippen LogP contribution in [0, 0.1) is 0 Å². The fourth-order valence-electron chi connectivity index (χ4n) is 8.27. The van der Waals surface area contributed by atoms with Crippen molar-refractivity contribution < 1.29 is 4.42 Å². The van der Waals surface area contributed by atoms with Crippen LogP contribution in [0.5, 0.6) is 0 Å². The summed E-state index contributed by atoms with van der Waals surface area (Å²) in [6.45, 7) is 0. The van der Waals surface area contributed by atoms with Crippen molar-refractivity contribution in [3.8, 4) is 16.8 Å². The van der Waals surface area contributed by atoms with E-state index in [9.17, 15) is 0 Å². The Morgan fingerprint density at radius 3 is 1.89 bits per heavy atom. The van der Waals surface area contributed by atoms with Crippen molar-refractivity contribution in [2.45, 2.75) is 0 Å². The Kier molecular flexibility index (Phi) is 6.55. The first kappa shape index (κ1) is 29.6. The minimum atomic E-state index is 0.883. The highest BCUT2D eigenvalue weighted by Crippen LogP contribution is 2.46. The molecule has 0 radical (unpaired) electrons. The number of rotatable bonds is 5. The summed E-state index contributed by atoms with van der Waals surface area (Å²) in [4.78, 5) is 2.40. The van der Waals surface area contributed by atoms with Crippen LogP contribution in [0.2, 0.25) is 0 Å². The molecular formula is C50H32N2O. The Hall–Kier alpha value is -7.10. The maximum absolute atomic E-state index is 6.70. The van der Waals surface area contributed by atoms with Crippen molar-refractivity contribution >= 4 is 82.4 Å². The third-order valence-electron chi connectivity index (χ3n) is 10.7. The highest BCUT2D eigenvalue weighted by atomic mass is 16.3. The van der Waals surface area contributed by atoms with Crippen LogP contribution in [0.1, 0.15) is 0 Å². The van der Waals surface area contributed by atoms with Crippen molar-refractivity contribution in [3.63, 3.8) is 0 Å². The van der Waals surface area contributed by atoms with E-state index in [0.29, 0.717) is 0 Å². The maximum atomic E-state index is 6.70. The molecule has 9 aromatic carbocycles. The summed E-state index contributed by atoms with van der Waals surface area (Å²) >= 11 is 0. The van der Waals surface area contributed by atoms with Crippen molar-refractivity contribution in [3.05, 3.63) is 194 Å². The van der Waals surface area contributed by atoms with Gasteiger partial charge in [-0.2, -0.15) is 0 Å². The minimum absolute atomic E-state index is 0.883. The topological polar surface area (TPSA) is 21.3 Å². The molecule has 0 aliphatic heterocycles. The monoisotopic (exact) mass is 676 g/mol. The Bertz CT molecular complexity index is 3170. The number of para-hydroxylation sites is 3. The van der Waals surface area contributed by atoms with E-state index in [4.69, 9.17) is 4.42 Å². The Balaban J connectivity index is 1.16. The van der Waals surface area contributed by atoms with Gasteiger partial charge in [0.15, 0.2) is 0 Å². The van der Waals surface area contributed by atoms with Gasteiger partial charge in [-0.15, -0.1) is 0 Å². The summed E-state index contributed by atoms with van der Waals surface area (Å²) in [5.41, 5.74) is 10.9. The zero-order valence-electron chi connectivity index (χ0n) is 28.8. The molecule has 0 atom stereocenters. The fraction of sp³-hybridized carbons (Fsp3) is 0. The number of nitrogens with zero attached hydrogens (tertiary/aromatic N) is 2. The summed E-state index contributed by atoms with van der Waals surface area (Å²) in [6, 6.07) is 69.7. The molecule has 11 aromatic rings. The molecule has 53 heavy (non-hydrogen) atoms. The highest BCUT2D eigenvalue weighted by Gasteiger charge is 2.22. The maximum Gasteiger partial charge on any atom is 0.143 e. The van der Waals surface area contributed by atoms with Gasteiger partial charge in [0, 0.05) is 49.4 Å². The normalized spacial score (nSPS) is 11.8. The molecule has 3 heteroatoms. The van der Waals surface area contributed by atoms with Gasteiger partial charge in [-0.25, -0.2) is 0 Å². The first-order valence-electron chi connectivity index (χ1n) is 18.1. The van der Waals surface area contributed by atoms with Gasteiger partial charge in [-0.3, -0.25) is 0 Å². The third-order valence-corrected chi connectivity index (χ3v) is 10.7. The SMILES string of the molecule is c1ccc(N(c2ccc3c(c2)c2ccccc2n3-c2ccccc2)c2cc3c4cc(-c5ccc6ccccc6c5)ccc4oc3c3ccccc23)cc1. The smallest absolute Gasteiger partial charge is 0.143 e. The lowest BCUT2D eigenvalue weighted by molar-refractivity contribution is 0.672. The first-order chi connectivity index (χ1) is 26.3. The van der Waals surface area contributed by atoms with Gasteiger partial charge in [0.1, 0.15) is 11.2 Å². The van der Waals surface area contributed by atoms with Crippen molar-refractivity contribution in [2.24, 2.45) is 0 Å². The van der Waals surface area contributed by atoms with Crippen LogP contribution in [0.3, 0.4) is 0 Å². The van der Waals surface area contributed by atoms with Gasteiger partial charge in [-0.05, 0) is 94.7 Å². The summed E-state index contributed by atoms with van der Waals surface area (Å²) in [5, 5.41) is 9.33. The second kappa shape index (κ2) is 11.7. The van der Waals surface area contributed by atoms with E-state index in [2.05, 4.69) is 204 Å². The first-order valence-corrected chi connectivity index (χ1v) is 18.1. The molecule has 0 unspecified atom stereocenters. The number of furan rings is 1. The van der Waals surface area contributed by atoms with Crippen molar-refractivity contribution in [1.82, 2.24) is 4.57 Å². The van der Waals surface area contributed by atoms with Crippen LogP contribution in [-0.4, -0.2) is 4.57 Å². The largest absolute Gasteiger partial charge is 0.455 e. The number of hydrogen-bond donors (Lipinski definition) is 0. The summed E-state index contributed by atoms with van der Waals surface area (Å²) in [6.07, 6.45) is 0. The number of benzene rings is 9. The quantitative estimate of drug-likeness (QED) is 0.181. The number of hydrogen-bond acceptors (Lipinski definition) is 2. The molecule has 0 amide bonds. The zero-order valence-corrected chi connectivity index (χ0v) is 28.8. The van der Waals surface area contributed by atoms with E-state index in [-0.39, 0.29) is 0 Å². The molecule has 0 fully saturated rings. The molecule has 0 N–H and O–H groups in total. The molecule has 11 rings (SSSR count). The average Bonchev–Trinajstić information content (AvgIpc) is 3.77. The van der Waals surface area contributed by atoms with Crippen LogP contribution in [0.15, 0.2) is 199 Å².